The van der Waals surface area contributed by atoms with E-state index in [4.69, 9.17) is 11.6 Å². The molecular weight excluding hydrogens is 287 g/mol. The van der Waals surface area contributed by atoms with Crippen LogP contribution in [0.3, 0.4) is 0 Å². The summed E-state index contributed by atoms with van der Waals surface area (Å²) in [5.41, 5.74) is 3.05. The minimum atomic E-state index is -0.286. The molecule has 0 spiro atoms. The Labute approximate surface area is 129 Å². The van der Waals surface area contributed by atoms with Crippen molar-refractivity contribution in [1.82, 2.24) is 0 Å². The van der Waals surface area contributed by atoms with Crippen molar-refractivity contribution < 1.29 is 4.39 Å². The van der Waals surface area contributed by atoms with Crippen molar-refractivity contribution in [1.29, 1.82) is 0 Å². The number of nitrogens with zero attached hydrogens (tertiary/aromatic N) is 1. The summed E-state index contributed by atoms with van der Waals surface area (Å²) >= 11 is 6.04. The second-order valence-electron chi connectivity index (χ2n) is 5.34. The van der Waals surface area contributed by atoms with Gasteiger partial charge in [-0.05, 0) is 48.7 Å². The van der Waals surface area contributed by atoms with Gasteiger partial charge in [0.05, 0.1) is 10.7 Å². The van der Waals surface area contributed by atoms with E-state index in [0.717, 1.165) is 18.7 Å². The first-order valence-corrected chi connectivity index (χ1v) is 7.63. The molecule has 2 nitrogen and oxygen atoms in total. The van der Waals surface area contributed by atoms with Gasteiger partial charge < -0.3 is 10.2 Å². The fraction of sp³-hybridized carbons (Fsp3) is 0.294. The number of hydrogen-bond acceptors (Lipinski definition) is 2. The maximum atomic E-state index is 13.2. The number of halogens is 2. The molecule has 4 heteroatoms. The summed E-state index contributed by atoms with van der Waals surface area (Å²) in [4.78, 5) is 2.40. The Kier molecular flexibility index (Phi) is 4.30. The lowest BCUT2D eigenvalue weighted by atomic mass is 10.2. The predicted molar refractivity (Wildman–Crippen MR) is 86.6 cm³/mol. The van der Waals surface area contributed by atoms with Gasteiger partial charge in [0.25, 0.3) is 0 Å². The van der Waals surface area contributed by atoms with Gasteiger partial charge in [-0.25, -0.2) is 4.39 Å². The first-order chi connectivity index (χ1) is 10.2. The van der Waals surface area contributed by atoms with Crippen molar-refractivity contribution in [3.05, 3.63) is 58.9 Å². The third kappa shape index (κ3) is 3.48. The minimum Gasteiger partial charge on any atom is -0.380 e. The van der Waals surface area contributed by atoms with Crippen LogP contribution in [0.25, 0.3) is 0 Å². The highest BCUT2D eigenvalue weighted by atomic mass is 35.5. The lowest BCUT2D eigenvalue weighted by molar-refractivity contribution is 0.628. The molecular formula is C17H18ClFN2. The monoisotopic (exact) mass is 304 g/mol. The van der Waals surface area contributed by atoms with E-state index in [0.29, 0.717) is 17.3 Å². The van der Waals surface area contributed by atoms with Crippen LogP contribution in [0.4, 0.5) is 15.8 Å². The average Bonchev–Trinajstić information content (AvgIpc) is 3.03. The molecule has 1 aliphatic rings. The third-order valence-corrected chi connectivity index (χ3v) is 4.15. The van der Waals surface area contributed by atoms with E-state index in [9.17, 15) is 4.39 Å². The molecule has 1 aliphatic heterocycles. The summed E-state index contributed by atoms with van der Waals surface area (Å²) < 4.78 is 13.2. The molecule has 0 atom stereocenters. The Morgan fingerprint density at radius 3 is 2.48 bits per heavy atom. The Hall–Kier alpha value is -1.74. The molecule has 0 bridgehead atoms. The zero-order chi connectivity index (χ0) is 14.7. The van der Waals surface area contributed by atoms with Crippen LogP contribution in [0.15, 0.2) is 42.5 Å². The molecule has 2 aromatic carbocycles. The quantitative estimate of drug-likeness (QED) is 0.881. The number of nitrogens with one attached hydrogen (secondary N) is 1. The lowest BCUT2D eigenvalue weighted by Crippen LogP contribution is -2.17. The van der Waals surface area contributed by atoms with Crippen LogP contribution >= 0.6 is 11.6 Å². The van der Waals surface area contributed by atoms with Gasteiger partial charge in [-0.15, -0.1) is 0 Å². The summed E-state index contributed by atoms with van der Waals surface area (Å²) in [6, 6.07) is 12.8. The predicted octanol–water partition coefficient (Wildman–Crippen LogP) is 4.69. The number of anilines is 2. The molecule has 3 rings (SSSR count). The molecule has 0 saturated carbocycles. The molecule has 0 aromatic heterocycles. The SMILES string of the molecule is Fc1ccc(Cl)c(NCc2ccc(N3CCCC3)cc2)c1. The van der Waals surface area contributed by atoms with Gasteiger partial charge in [0.2, 0.25) is 0 Å². The highest BCUT2D eigenvalue weighted by Crippen LogP contribution is 2.24. The van der Waals surface area contributed by atoms with Crippen molar-refractivity contribution in [3.8, 4) is 0 Å². The first kappa shape index (κ1) is 14.2. The summed E-state index contributed by atoms with van der Waals surface area (Å²) in [6.07, 6.45) is 2.56. The number of hydrogen-bond donors (Lipinski definition) is 1. The van der Waals surface area contributed by atoms with Gasteiger partial charge >= 0.3 is 0 Å². The van der Waals surface area contributed by atoms with Crippen LogP contribution in [0, 0.1) is 5.82 Å². The molecule has 1 N–H and O–H groups in total. The zero-order valence-electron chi connectivity index (χ0n) is 11.8. The summed E-state index contributed by atoms with van der Waals surface area (Å²) in [7, 11) is 0. The maximum absolute atomic E-state index is 13.2. The van der Waals surface area contributed by atoms with Crippen molar-refractivity contribution >= 4 is 23.0 Å². The number of benzene rings is 2. The molecule has 1 saturated heterocycles. The molecule has 2 aromatic rings. The van der Waals surface area contributed by atoms with Crippen LogP contribution in [-0.2, 0) is 6.54 Å². The van der Waals surface area contributed by atoms with Crippen LogP contribution in [0.5, 0.6) is 0 Å². The number of rotatable bonds is 4. The fourth-order valence-corrected chi connectivity index (χ4v) is 2.81. The standard InChI is InChI=1S/C17H18ClFN2/c18-16-8-5-14(19)11-17(16)20-12-13-3-6-15(7-4-13)21-9-1-2-10-21/h3-8,11,20H,1-2,9-10,12H2. The van der Waals surface area contributed by atoms with Gasteiger partial charge in [-0.3, -0.25) is 0 Å². The second-order valence-corrected chi connectivity index (χ2v) is 5.75. The summed E-state index contributed by atoms with van der Waals surface area (Å²) in [5, 5.41) is 3.71. The zero-order valence-corrected chi connectivity index (χ0v) is 12.5. The molecule has 1 heterocycles. The van der Waals surface area contributed by atoms with Crippen molar-refractivity contribution in [2.45, 2.75) is 19.4 Å². The Balaban J connectivity index is 1.64. The van der Waals surface area contributed by atoms with E-state index in [-0.39, 0.29) is 5.82 Å². The van der Waals surface area contributed by atoms with E-state index in [2.05, 4.69) is 34.5 Å². The van der Waals surface area contributed by atoms with Gasteiger partial charge in [0, 0.05) is 25.3 Å². The molecule has 0 unspecified atom stereocenters. The van der Waals surface area contributed by atoms with Gasteiger partial charge in [-0.2, -0.15) is 0 Å². The Morgan fingerprint density at radius 1 is 1.05 bits per heavy atom. The van der Waals surface area contributed by atoms with Crippen LogP contribution < -0.4 is 10.2 Å². The third-order valence-electron chi connectivity index (χ3n) is 3.82. The van der Waals surface area contributed by atoms with E-state index in [1.807, 2.05) is 0 Å². The maximum Gasteiger partial charge on any atom is 0.125 e. The van der Waals surface area contributed by atoms with Gasteiger partial charge in [0.1, 0.15) is 5.82 Å². The fourth-order valence-electron chi connectivity index (χ4n) is 2.63. The van der Waals surface area contributed by atoms with Gasteiger partial charge in [0.15, 0.2) is 0 Å². The molecule has 1 fully saturated rings. The minimum absolute atomic E-state index is 0.286. The van der Waals surface area contributed by atoms with Crippen LogP contribution in [0.2, 0.25) is 5.02 Å². The van der Waals surface area contributed by atoms with E-state index in [1.54, 1.807) is 6.07 Å². The lowest BCUT2D eigenvalue weighted by Gasteiger charge is -2.18. The first-order valence-electron chi connectivity index (χ1n) is 7.25. The van der Waals surface area contributed by atoms with E-state index in [1.165, 1.54) is 30.7 Å². The van der Waals surface area contributed by atoms with Crippen molar-refractivity contribution in [2.24, 2.45) is 0 Å². The normalized spacial score (nSPS) is 14.5. The second kappa shape index (κ2) is 6.35. The largest absolute Gasteiger partial charge is 0.380 e. The highest BCUT2D eigenvalue weighted by molar-refractivity contribution is 6.33. The molecule has 21 heavy (non-hydrogen) atoms. The smallest absolute Gasteiger partial charge is 0.125 e. The van der Waals surface area contributed by atoms with E-state index >= 15 is 0 Å². The Morgan fingerprint density at radius 2 is 1.76 bits per heavy atom. The molecule has 110 valence electrons. The molecule has 0 amide bonds. The van der Waals surface area contributed by atoms with Crippen molar-refractivity contribution in [3.63, 3.8) is 0 Å². The van der Waals surface area contributed by atoms with E-state index < -0.39 is 0 Å². The summed E-state index contributed by atoms with van der Waals surface area (Å²) in [5.74, 6) is -0.286. The topological polar surface area (TPSA) is 15.3 Å². The van der Waals surface area contributed by atoms with Crippen LogP contribution in [-0.4, -0.2) is 13.1 Å². The Bertz CT molecular complexity index is 607. The highest BCUT2D eigenvalue weighted by Gasteiger charge is 2.11. The molecule has 0 radical (unpaired) electrons. The van der Waals surface area contributed by atoms with Crippen molar-refractivity contribution in [2.75, 3.05) is 23.3 Å². The van der Waals surface area contributed by atoms with Crippen LogP contribution in [0.1, 0.15) is 18.4 Å². The van der Waals surface area contributed by atoms with Gasteiger partial charge in [-0.1, -0.05) is 23.7 Å². The average molecular weight is 305 g/mol. The molecule has 0 aliphatic carbocycles. The summed E-state index contributed by atoms with van der Waals surface area (Å²) in [6.45, 7) is 2.93.